The molecule has 0 bridgehead atoms. The second kappa shape index (κ2) is 6.81. The molecule has 154 valence electrons. The highest BCUT2D eigenvalue weighted by molar-refractivity contribution is 7.91. The molecule has 2 unspecified atom stereocenters. The van der Waals surface area contributed by atoms with Gasteiger partial charge in [0.25, 0.3) is 0 Å². The number of ether oxygens (including phenoxy) is 1. The van der Waals surface area contributed by atoms with Gasteiger partial charge in [0, 0.05) is 17.9 Å². The number of pyridine rings is 1. The first-order valence-corrected chi connectivity index (χ1v) is 11.6. The van der Waals surface area contributed by atoms with Crippen LogP contribution in [0.4, 0.5) is 10.5 Å². The van der Waals surface area contributed by atoms with Crippen molar-refractivity contribution in [1.29, 1.82) is 0 Å². The molecule has 0 saturated heterocycles. The maximum absolute atomic E-state index is 13.0. The average molecular weight is 417 g/mol. The van der Waals surface area contributed by atoms with Gasteiger partial charge >= 0.3 is 6.03 Å². The lowest BCUT2D eigenvalue weighted by atomic mass is 10.0. The first kappa shape index (κ1) is 18.6. The quantitative estimate of drug-likeness (QED) is 0.778. The summed E-state index contributed by atoms with van der Waals surface area (Å²) < 4.78 is 24.1. The highest BCUT2D eigenvalue weighted by Gasteiger charge is 2.30. The van der Waals surface area contributed by atoms with E-state index >= 15 is 0 Å². The fourth-order valence-electron chi connectivity index (χ4n) is 4.51. The van der Waals surface area contributed by atoms with Crippen molar-refractivity contribution >= 4 is 21.6 Å². The minimum absolute atomic E-state index is 0.0196. The minimum atomic E-state index is -3.53. The summed E-state index contributed by atoms with van der Waals surface area (Å²) in [5.41, 5.74) is 5.06. The van der Waals surface area contributed by atoms with Gasteiger partial charge in [-0.15, -0.1) is 4.36 Å². The molecule has 1 aliphatic heterocycles. The smallest absolute Gasteiger partial charge is 0.354 e. The van der Waals surface area contributed by atoms with Crippen molar-refractivity contribution in [3.8, 4) is 5.88 Å². The number of fused-ring (bicyclic) bond motifs is 3. The number of amides is 2. The predicted octanol–water partition coefficient (Wildman–Crippen LogP) is 2.53. The number of hydrogen-bond acceptors (Lipinski definition) is 5. The highest BCUT2D eigenvalue weighted by atomic mass is 32.2. The van der Waals surface area contributed by atoms with E-state index in [0.717, 1.165) is 66.7 Å². The molecule has 2 atom stereocenters. The van der Waals surface area contributed by atoms with E-state index in [1.54, 1.807) is 4.57 Å². The molecule has 2 aromatic heterocycles. The number of anilines is 1. The Morgan fingerprint density at radius 3 is 3.07 bits per heavy atom. The number of imidazole rings is 1. The van der Waals surface area contributed by atoms with Crippen molar-refractivity contribution < 1.29 is 13.7 Å². The van der Waals surface area contributed by atoms with Gasteiger partial charge in [0.2, 0.25) is 10.9 Å². The minimum Gasteiger partial charge on any atom is -0.477 e. The molecule has 29 heavy (non-hydrogen) atoms. The van der Waals surface area contributed by atoms with Gasteiger partial charge in [-0.25, -0.2) is 19.1 Å². The van der Waals surface area contributed by atoms with Crippen molar-refractivity contribution in [3.63, 3.8) is 0 Å². The number of rotatable bonds is 2. The highest BCUT2D eigenvalue weighted by Crippen LogP contribution is 2.41. The molecule has 9 nitrogen and oxygen atoms in total. The normalized spacial score (nSPS) is 21.5. The van der Waals surface area contributed by atoms with Crippen LogP contribution < -0.4 is 15.2 Å². The lowest BCUT2D eigenvalue weighted by Crippen LogP contribution is -2.21. The van der Waals surface area contributed by atoms with Gasteiger partial charge in [-0.3, -0.25) is 4.98 Å². The van der Waals surface area contributed by atoms with Crippen molar-refractivity contribution in [2.24, 2.45) is 9.50 Å². The Morgan fingerprint density at radius 1 is 1.34 bits per heavy atom. The Hall–Kier alpha value is -2.46. The topological polar surface area (TPSA) is 124 Å². The number of nitrogens with one attached hydrogen (secondary N) is 1. The summed E-state index contributed by atoms with van der Waals surface area (Å²) in [5.74, 6) is 0.705. The fraction of sp³-hybridized carbons (Fsp3) is 0.526. The Kier molecular flexibility index (Phi) is 4.36. The third-order valence-corrected chi connectivity index (χ3v) is 7.19. The number of aryl methyl sites for hydroxylation is 2. The fourth-order valence-corrected chi connectivity index (χ4v) is 5.51. The Morgan fingerprint density at radius 2 is 2.21 bits per heavy atom. The molecular formula is C19H24N6O3S. The van der Waals surface area contributed by atoms with Crippen LogP contribution in [0.3, 0.4) is 0 Å². The van der Waals surface area contributed by atoms with Gasteiger partial charge < -0.3 is 14.6 Å². The molecule has 3 N–H and O–H groups in total. The van der Waals surface area contributed by atoms with Gasteiger partial charge in [0.05, 0.1) is 18.6 Å². The van der Waals surface area contributed by atoms with Crippen LogP contribution in [0.25, 0.3) is 0 Å². The van der Waals surface area contributed by atoms with E-state index < -0.39 is 15.9 Å². The summed E-state index contributed by atoms with van der Waals surface area (Å²) >= 11 is 0. The van der Waals surface area contributed by atoms with E-state index in [2.05, 4.69) is 21.6 Å². The third kappa shape index (κ3) is 3.10. The molecule has 3 heterocycles. The Labute approximate surface area is 169 Å². The molecule has 0 spiro atoms. The predicted molar refractivity (Wildman–Crippen MR) is 107 cm³/mol. The van der Waals surface area contributed by atoms with Crippen LogP contribution in [0, 0.1) is 0 Å². The zero-order chi connectivity index (χ0) is 20.2. The first-order chi connectivity index (χ1) is 13.9. The zero-order valence-corrected chi connectivity index (χ0v) is 17.1. The summed E-state index contributed by atoms with van der Waals surface area (Å²) in [6.07, 6.45) is 7.05. The van der Waals surface area contributed by atoms with E-state index in [0.29, 0.717) is 24.9 Å². The monoisotopic (exact) mass is 416 g/mol. The number of carbonyl (C=O) groups is 1. The number of carbonyl (C=O) groups excluding carboxylic acids is 1. The lowest BCUT2D eigenvalue weighted by molar-refractivity contribution is 0.234. The summed E-state index contributed by atoms with van der Waals surface area (Å²) in [5, 5.41) is 8.84. The van der Waals surface area contributed by atoms with Crippen molar-refractivity contribution in [2.75, 3.05) is 11.9 Å². The van der Waals surface area contributed by atoms with Crippen LogP contribution in [0.2, 0.25) is 0 Å². The van der Waals surface area contributed by atoms with Gasteiger partial charge in [0.1, 0.15) is 0 Å². The standard InChI is InChI=1S/C19H24N6O3S/c1-11-6-7-13-15(11)22-14-5-2-4-12(14)16(13)23-19(26)24-29(20,27)17-18-25(10-21-17)8-3-9-28-18/h10-11H,2-9H2,1H3,(H3,20,22,23,24,26,27). The molecule has 0 radical (unpaired) electrons. The van der Waals surface area contributed by atoms with Crippen molar-refractivity contribution in [1.82, 2.24) is 14.5 Å². The number of aromatic nitrogens is 3. The van der Waals surface area contributed by atoms with Gasteiger partial charge in [-0.05, 0) is 55.6 Å². The number of nitrogens with two attached hydrogens (primary N) is 1. The van der Waals surface area contributed by atoms with Crippen molar-refractivity contribution in [3.05, 3.63) is 28.8 Å². The SMILES string of the molecule is CC1CCc2c1nc1c(c2NC(=O)N=S(N)(=O)c2ncn3c2OCCC3)CCC1. The molecule has 10 heteroatoms. The zero-order valence-electron chi connectivity index (χ0n) is 16.3. The first-order valence-electron chi connectivity index (χ1n) is 10.0. The van der Waals surface area contributed by atoms with Gasteiger partial charge in [-0.2, -0.15) is 0 Å². The van der Waals surface area contributed by atoms with Crippen LogP contribution in [0.5, 0.6) is 5.88 Å². The van der Waals surface area contributed by atoms with Crippen LogP contribution in [-0.4, -0.2) is 31.4 Å². The van der Waals surface area contributed by atoms with E-state index in [1.165, 1.54) is 6.33 Å². The Balaban J connectivity index is 1.50. The maximum atomic E-state index is 13.0. The molecule has 2 amide bonds. The number of nitrogens with zero attached hydrogens (tertiary/aromatic N) is 4. The van der Waals surface area contributed by atoms with Crippen LogP contribution in [0.15, 0.2) is 15.7 Å². The summed E-state index contributed by atoms with van der Waals surface area (Å²) in [7, 11) is -3.53. The van der Waals surface area contributed by atoms with E-state index in [9.17, 15) is 9.00 Å². The largest absolute Gasteiger partial charge is 0.477 e. The molecule has 5 rings (SSSR count). The third-order valence-electron chi connectivity index (χ3n) is 5.92. The molecule has 2 aliphatic carbocycles. The molecule has 0 aromatic carbocycles. The number of urea groups is 1. The molecule has 0 fully saturated rings. The van der Waals surface area contributed by atoms with Crippen molar-refractivity contribution in [2.45, 2.75) is 62.9 Å². The molecule has 0 saturated carbocycles. The van der Waals surface area contributed by atoms with Gasteiger partial charge in [-0.1, -0.05) is 6.92 Å². The van der Waals surface area contributed by atoms with E-state index in [1.807, 2.05) is 0 Å². The summed E-state index contributed by atoms with van der Waals surface area (Å²) in [4.78, 5) is 21.7. The summed E-state index contributed by atoms with van der Waals surface area (Å²) in [6, 6.07) is -0.725. The van der Waals surface area contributed by atoms with E-state index in [4.69, 9.17) is 14.9 Å². The molecular weight excluding hydrogens is 392 g/mol. The molecule has 3 aliphatic rings. The second-order valence-electron chi connectivity index (χ2n) is 7.91. The van der Waals surface area contributed by atoms with Crippen LogP contribution >= 0.6 is 0 Å². The number of hydrogen-bond donors (Lipinski definition) is 2. The summed E-state index contributed by atoms with van der Waals surface area (Å²) in [6.45, 7) is 3.36. The lowest BCUT2D eigenvalue weighted by Gasteiger charge is -2.17. The van der Waals surface area contributed by atoms with Crippen LogP contribution in [-0.2, 0) is 35.7 Å². The maximum Gasteiger partial charge on any atom is 0.354 e. The average Bonchev–Trinajstić information content (AvgIpc) is 3.40. The van der Waals surface area contributed by atoms with Gasteiger partial charge in [0.15, 0.2) is 9.92 Å². The Bertz CT molecular complexity index is 1130. The van der Waals surface area contributed by atoms with Crippen LogP contribution in [0.1, 0.15) is 54.6 Å². The second-order valence-corrected chi connectivity index (χ2v) is 9.62. The van der Waals surface area contributed by atoms with E-state index in [-0.39, 0.29) is 5.03 Å². The molecule has 2 aromatic rings.